The van der Waals surface area contributed by atoms with Crippen molar-refractivity contribution in [3.63, 3.8) is 0 Å². The normalized spacial score (nSPS) is 11.5. The summed E-state index contributed by atoms with van der Waals surface area (Å²) in [6, 6.07) is 11.1. The molecule has 24 heavy (non-hydrogen) atoms. The fraction of sp³-hybridized carbons (Fsp3) is 0.176. The maximum atomic E-state index is 12.7. The van der Waals surface area contributed by atoms with E-state index in [4.69, 9.17) is 4.74 Å². The van der Waals surface area contributed by atoms with Crippen LogP contribution in [-0.4, -0.2) is 20.1 Å². The summed E-state index contributed by atoms with van der Waals surface area (Å²) in [6.07, 6.45) is 3.83. The number of methoxy groups -OCH3 is 1. The van der Waals surface area contributed by atoms with Crippen molar-refractivity contribution in [1.29, 1.82) is 0 Å². The molecule has 3 rings (SSSR count). The molecule has 0 unspecified atom stereocenters. The number of aryl methyl sites for hydroxylation is 2. The van der Waals surface area contributed by atoms with Gasteiger partial charge in [-0.15, -0.1) is 11.3 Å². The van der Waals surface area contributed by atoms with E-state index in [2.05, 4.69) is 4.72 Å². The molecule has 0 aliphatic carbocycles. The van der Waals surface area contributed by atoms with Crippen molar-refractivity contribution in [2.45, 2.75) is 18.1 Å². The summed E-state index contributed by atoms with van der Waals surface area (Å²) >= 11 is 1.19. The zero-order valence-electron chi connectivity index (χ0n) is 13.6. The van der Waals surface area contributed by atoms with Gasteiger partial charge in [0.2, 0.25) is 0 Å². The lowest BCUT2D eigenvalue weighted by Gasteiger charge is -2.12. The Bertz CT molecular complexity index is 958. The SMILES string of the molecule is COc1cc(S(=O)(=O)Nc2cc(-n3cccc3)ccc2C)sc1C. The molecule has 0 atom stereocenters. The second kappa shape index (κ2) is 6.33. The Morgan fingerprint density at radius 1 is 1.12 bits per heavy atom. The first-order valence-corrected chi connectivity index (χ1v) is 9.62. The van der Waals surface area contributed by atoms with Gasteiger partial charge < -0.3 is 9.30 Å². The first-order chi connectivity index (χ1) is 11.4. The number of thiophene rings is 1. The van der Waals surface area contributed by atoms with Gasteiger partial charge in [0.15, 0.2) is 0 Å². The van der Waals surface area contributed by atoms with Gasteiger partial charge >= 0.3 is 0 Å². The van der Waals surface area contributed by atoms with E-state index in [0.717, 1.165) is 16.1 Å². The fourth-order valence-electron chi connectivity index (χ4n) is 2.36. The molecule has 0 spiro atoms. The van der Waals surface area contributed by atoms with E-state index in [9.17, 15) is 8.42 Å². The molecule has 0 saturated heterocycles. The lowest BCUT2D eigenvalue weighted by atomic mass is 10.2. The summed E-state index contributed by atoms with van der Waals surface area (Å²) in [5.41, 5.74) is 2.31. The number of sulfonamides is 1. The Hall–Kier alpha value is -2.25. The number of aromatic nitrogens is 1. The van der Waals surface area contributed by atoms with Crippen LogP contribution in [0.5, 0.6) is 5.75 Å². The van der Waals surface area contributed by atoms with Crippen molar-refractivity contribution in [3.05, 3.63) is 59.2 Å². The van der Waals surface area contributed by atoms with Crippen molar-refractivity contribution < 1.29 is 13.2 Å². The molecular formula is C17H18N2O3S2. The smallest absolute Gasteiger partial charge is 0.271 e. The Labute approximate surface area is 145 Å². The van der Waals surface area contributed by atoms with Gasteiger partial charge in [-0.2, -0.15) is 0 Å². The highest BCUT2D eigenvalue weighted by atomic mass is 32.2. The monoisotopic (exact) mass is 362 g/mol. The van der Waals surface area contributed by atoms with E-state index in [-0.39, 0.29) is 4.21 Å². The maximum Gasteiger partial charge on any atom is 0.271 e. The van der Waals surface area contributed by atoms with Crippen LogP contribution >= 0.6 is 11.3 Å². The molecule has 7 heteroatoms. The topological polar surface area (TPSA) is 60.3 Å². The van der Waals surface area contributed by atoms with Gasteiger partial charge in [-0.1, -0.05) is 6.07 Å². The minimum Gasteiger partial charge on any atom is -0.496 e. The third kappa shape index (κ3) is 3.18. The van der Waals surface area contributed by atoms with Crippen LogP contribution in [0.15, 0.2) is 53.0 Å². The Morgan fingerprint density at radius 2 is 1.83 bits per heavy atom. The van der Waals surface area contributed by atoms with Crippen molar-refractivity contribution >= 4 is 27.0 Å². The summed E-state index contributed by atoms with van der Waals surface area (Å²) in [6.45, 7) is 3.71. The molecule has 5 nitrogen and oxygen atoms in total. The highest BCUT2D eigenvalue weighted by Gasteiger charge is 2.20. The first kappa shape index (κ1) is 16.6. The lowest BCUT2D eigenvalue weighted by molar-refractivity contribution is 0.413. The quantitative estimate of drug-likeness (QED) is 0.747. The molecule has 0 amide bonds. The van der Waals surface area contributed by atoms with Gasteiger partial charge in [-0.05, 0) is 43.7 Å². The highest BCUT2D eigenvalue weighted by Crippen LogP contribution is 2.33. The summed E-state index contributed by atoms with van der Waals surface area (Å²) in [5.74, 6) is 0.582. The largest absolute Gasteiger partial charge is 0.496 e. The van der Waals surface area contributed by atoms with Crippen LogP contribution in [0.2, 0.25) is 0 Å². The molecule has 3 aromatic rings. The predicted octanol–water partition coefficient (Wildman–Crippen LogP) is 3.97. The van der Waals surface area contributed by atoms with Gasteiger partial charge in [0, 0.05) is 29.0 Å². The summed E-state index contributed by atoms with van der Waals surface area (Å²) in [4.78, 5) is 0.829. The molecule has 126 valence electrons. The van der Waals surface area contributed by atoms with Crippen LogP contribution in [0.1, 0.15) is 10.4 Å². The standard InChI is InChI=1S/C17H18N2O3S2/c1-12-6-7-14(19-8-4-5-9-19)10-15(12)18-24(20,21)17-11-16(22-3)13(2)23-17/h4-11,18H,1-3H3. The van der Waals surface area contributed by atoms with Crippen LogP contribution in [0, 0.1) is 13.8 Å². The molecule has 1 aromatic carbocycles. The van der Waals surface area contributed by atoms with Gasteiger partial charge in [0.05, 0.1) is 12.8 Å². The number of rotatable bonds is 5. The summed E-state index contributed by atoms with van der Waals surface area (Å²) < 4.78 is 35.4. The van der Waals surface area contributed by atoms with E-state index < -0.39 is 10.0 Å². The average Bonchev–Trinajstić information content (AvgIpc) is 3.19. The molecule has 2 heterocycles. The third-order valence-electron chi connectivity index (χ3n) is 3.70. The van der Waals surface area contributed by atoms with Gasteiger partial charge in [0.25, 0.3) is 10.0 Å². The second-order valence-corrected chi connectivity index (χ2v) is 8.55. The molecule has 1 N–H and O–H groups in total. The summed E-state index contributed by atoms with van der Waals surface area (Å²) in [7, 11) is -2.12. The van der Waals surface area contributed by atoms with Crippen molar-refractivity contribution in [2.24, 2.45) is 0 Å². The molecular weight excluding hydrogens is 344 g/mol. The number of anilines is 1. The number of ether oxygens (including phenoxy) is 1. The average molecular weight is 362 g/mol. The van der Waals surface area contributed by atoms with E-state index in [0.29, 0.717) is 11.4 Å². The molecule has 0 saturated carbocycles. The molecule has 0 fully saturated rings. The Morgan fingerprint density at radius 3 is 2.46 bits per heavy atom. The van der Waals surface area contributed by atoms with Crippen LogP contribution in [-0.2, 0) is 10.0 Å². The van der Waals surface area contributed by atoms with Crippen molar-refractivity contribution in [3.8, 4) is 11.4 Å². The van der Waals surface area contributed by atoms with Crippen LogP contribution in [0.4, 0.5) is 5.69 Å². The molecule has 2 aromatic heterocycles. The minimum absolute atomic E-state index is 0.239. The number of nitrogens with one attached hydrogen (secondary N) is 1. The number of nitrogens with zero attached hydrogens (tertiary/aromatic N) is 1. The van der Waals surface area contributed by atoms with E-state index >= 15 is 0 Å². The van der Waals surface area contributed by atoms with Gasteiger partial charge in [-0.25, -0.2) is 8.42 Å². The number of benzene rings is 1. The predicted molar refractivity (Wildman–Crippen MR) is 96.9 cm³/mol. The van der Waals surface area contributed by atoms with Gasteiger partial charge in [0.1, 0.15) is 9.96 Å². The highest BCUT2D eigenvalue weighted by molar-refractivity contribution is 7.94. The maximum absolute atomic E-state index is 12.7. The first-order valence-electron chi connectivity index (χ1n) is 7.32. The molecule has 0 aliphatic heterocycles. The second-order valence-electron chi connectivity index (χ2n) is 5.39. The molecule has 0 radical (unpaired) electrons. The van der Waals surface area contributed by atoms with E-state index in [1.165, 1.54) is 18.4 Å². The lowest BCUT2D eigenvalue weighted by Crippen LogP contribution is -2.12. The Balaban J connectivity index is 1.96. The zero-order valence-corrected chi connectivity index (χ0v) is 15.2. The fourth-order valence-corrected chi connectivity index (χ4v) is 4.88. The van der Waals surface area contributed by atoms with Crippen molar-refractivity contribution in [1.82, 2.24) is 4.57 Å². The molecule has 0 aliphatic rings. The number of hydrogen-bond donors (Lipinski definition) is 1. The third-order valence-corrected chi connectivity index (χ3v) is 6.57. The Kier molecular flexibility index (Phi) is 4.38. The van der Waals surface area contributed by atoms with E-state index in [1.807, 2.05) is 61.1 Å². The van der Waals surface area contributed by atoms with E-state index in [1.54, 1.807) is 6.07 Å². The van der Waals surface area contributed by atoms with Crippen LogP contribution < -0.4 is 9.46 Å². The van der Waals surface area contributed by atoms with Crippen LogP contribution in [0.3, 0.4) is 0 Å². The summed E-state index contributed by atoms with van der Waals surface area (Å²) in [5, 5.41) is 0. The van der Waals surface area contributed by atoms with Crippen molar-refractivity contribution in [2.75, 3.05) is 11.8 Å². The van der Waals surface area contributed by atoms with Gasteiger partial charge in [-0.3, -0.25) is 4.72 Å². The minimum atomic E-state index is -3.65. The number of hydrogen-bond acceptors (Lipinski definition) is 4. The molecule has 0 bridgehead atoms. The van der Waals surface area contributed by atoms with Crippen LogP contribution in [0.25, 0.3) is 5.69 Å². The zero-order chi connectivity index (χ0) is 17.3.